The molecule has 2 heteroatoms. The van der Waals surface area contributed by atoms with E-state index in [0.29, 0.717) is 5.38 Å². The van der Waals surface area contributed by atoms with Crippen molar-refractivity contribution in [3.8, 4) is 0 Å². The van der Waals surface area contributed by atoms with E-state index in [9.17, 15) is 0 Å². The zero-order chi connectivity index (χ0) is 9.19. The minimum absolute atomic E-state index is 0.168. The van der Waals surface area contributed by atoms with Gasteiger partial charge < -0.3 is 0 Å². The van der Waals surface area contributed by atoms with Crippen LogP contribution in [-0.2, 0) is 0 Å². The number of hydrogen-bond acceptors (Lipinski definition) is 1. The molecule has 1 fully saturated rings. The maximum absolute atomic E-state index is 6.21. The van der Waals surface area contributed by atoms with Crippen LogP contribution < -0.4 is 0 Å². The summed E-state index contributed by atoms with van der Waals surface area (Å²) in [4.78, 5) is 2.44. The molecule has 0 amide bonds. The third-order valence-electron chi connectivity index (χ3n) is 2.80. The highest BCUT2D eigenvalue weighted by molar-refractivity contribution is 6.21. The third-order valence-corrected chi connectivity index (χ3v) is 3.55. The van der Waals surface area contributed by atoms with Gasteiger partial charge in [-0.25, -0.2) is 0 Å². The van der Waals surface area contributed by atoms with Crippen molar-refractivity contribution in [2.24, 2.45) is 0 Å². The van der Waals surface area contributed by atoms with Crippen LogP contribution in [0, 0.1) is 0 Å². The molecule has 1 nitrogen and oxygen atoms in total. The smallest absolute Gasteiger partial charge is 0.0526 e. The predicted octanol–water partition coefficient (Wildman–Crippen LogP) is 2.65. The van der Waals surface area contributed by atoms with Gasteiger partial charge in [0.15, 0.2) is 0 Å². The number of halogens is 1. The fourth-order valence-corrected chi connectivity index (χ4v) is 1.90. The van der Waals surface area contributed by atoms with E-state index in [-0.39, 0.29) is 5.54 Å². The van der Waals surface area contributed by atoms with Crippen LogP contribution in [0.2, 0.25) is 0 Å². The standard InChI is InChI=1S/C10H18ClN/c1-4-5-7-12-8-6-9(11)10(12,2)3/h4-5,9H,6-8H2,1-3H3/b5-4+. The summed E-state index contributed by atoms with van der Waals surface area (Å²) in [6, 6.07) is 0. The summed E-state index contributed by atoms with van der Waals surface area (Å²) in [5.74, 6) is 0. The molecule has 1 saturated heterocycles. The Balaban J connectivity index is 2.55. The van der Waals surface area contributed by atoms with Gasteiger partial charge in [0.05, 0.1) is 5.38 Å². The predicted molar refractivity (Wildman–Crippen MR) is 54.7 cm³/mol. The third kappa shape index (κ3) is 1.83. The van der Waals surface area contributed by atoms with E-state index in [0.717, 1.165) is 19.5 Å². The fraction of sp³-hybridized carbons (Fsp3) is 0.800. The highest BCUT2D eigenvalue weighted by Crippen LogP contribution is 2.32. The fourth-order valence-electron chi connectivity index (χ4n) is 1.67. The van der Waals surface area contributed by atoms with Crippen LogP contribution in [-0.4, -0.2) is 28.9 Å². The lowest BCUT2D eigenvalue weighted by Crippen LogP contribution is -2.43. The van der Waals surface area contributed by atoms with E-state index in [1.807, 2.05) is 0 Å². The largest absolute Gasteiger partial charge is 0.293 e. The molecule has 0 spiro atoms. The molecule has 0 radical (unpaired) electrons. The van der Waals surface area contributed by atoms with Crippen molar-refractivity contribution in [3.63, 3.8) is 0 Å². The quantitative estimate of drug-likeness (QED) is 0.475. The summed E-state index contributed by atoms with van der Waals surface area (Å²) >= 11 is 6.21. The van der Waals surface area contributed by atoms with E-state index in [1.54, 1.807) is 0 Å². The lowest BCUT2D eigenvalue weighted by molar-refractivity contribution is 0.197. The van der Waals surface area contributed by atoms with Crippen molar-refractivity contribution >= 4 is 11.6 Å². The van der Waals surface area contributed by atoms with Gasteiger partial charge in [-0.1, -0.05) is 12.2 Å². The summed E-state index contributed by atoms with van der Waals surface area (Å²) in [6.45, 7) is 8.67. The molecule has 0 aromatic rings. The van der Waals surface area contributed by atoms with Gasteiger partial charge in [-0.2, -0.15) is 0 Å². The molecule has 0 aromatic carbocycles. The summed E-state index contributed by atoms with van der Waals surface area (Å²) < 4.78 is 0. The molecular formula is C10H18ClN. The molecule has 0 N–H and O–H groups in total. The Hall–Kier alpha value is -0.0100. The molecule has 0 saturated carbocycles. The van der Waals surface area contributed by atoms with Crippen LogP contribution in [0.25, 0.3) is 0 Å². The van der Waals surface area contributed by atoms with Gasteiger partial charge in [-0.15, -0.1) is 11.6 Å². The van der Waals surface area contributed by atoms with Gasteiger partial charge >= 0.3 is 0 Å². The van der Waals surface area contributed by atoms with Crippen molar-refractivity contribution in [3.05, 3.63) is 12.2 Å². The number of allylic oxidation sites excluding steroid dienone is 1. The van der Waals surface area contributed by atoms with Crippen LogP contribution >= 0.6 is 11.6 Å². The van der Waals surface area contributed by atoms with E-state index in [4.69, 9.17) is 11.6 Å². The van der Waals surface area contributed by atoms with Crippen LogP contribution in [0.4, 0.5) is 0 Å². The lowest BCUT2D eigenvalue weighted by atomic mass is 10.0. The van der Waals surface area contributed by atoms with Gasteiger partial charge in [0, 0.05) is 18.6 Å². The average Bonchev–Trinajstić information content (AvgIpc) is 2.25. The molecule has 1 rings (SSSR count). The van der Waals surface area contributed by atoms with Crippen molar-refractivity contribution < 1.29 is 0 Å². The van der Waals surface area contributed by atoms with Crippen molar-refractivity contribution in [2.45, 2.75) is 38.1 Å². The van der Waals surface area contributed by atoms with E-state index < -0.39 is 0 Å². The van der Waals surface area contributed by atoms with Crippen LogP contribution in [0.3, 0.4) is 0 Å². The maximum Gasteiger partial charge on any atom is 0.0526 e. The first kappa shape index (κ1) is 10.1. The van der Waals surface area contributed by atoms with E-state index in [2.05, 4.69) is 37.8 Å². The Kier molecular flexibility index (Phi) is 3.19. The Labute approximate surface area is 80.4 Å². The number of hydrogen-bond donors (Lipinski definition) is 0. The number of nitrogens with zero attached hydrogens (tertiary/aromatic N) is 1. The molecule has 1 unspecified atom stereocenters. The topological polar surface area (TPSA) is 3.24 Å². The minimum atomic E-state index is 0.168. The lowest BCUT2D eigenvalue weighted by Gasteiger charge is -2.32. The highest BCUT2D eigenvalue weighted by atomic mass is 35.5. The summed E-state index contributed by atoms with van der Waals surface area (Å²) in [5, 5.41) is 0.308. The number of rotatable bonds is 2. The maximum atomic E-state index is 6.21. The normalized spacial score (nSPS) is 30.2. The zero-order valence-corrected chi connectivity index (χ0v) is 8.93. The van der Waals surface area contributed by atoms with Gasteiger partial charge in [-0.05, 0) is 27.2 Å². The zero-order valence-electron chi connectivity index (χ0n) is 8.18. The molecule has 1 atom stereocenters. The van der Waals surface area contributed by atoms with E-state index in [1.165, 1.54) is 0 Å². The molecule has 1 aliphatic rings. The highest BCUT2D eigenvalue weighted by Gasteiger charge is 2.39. The SMILES string of the molecule is C/C=C/CN1CCC(Cl)C1(C)C. The summed E-state index contributed by atoms with van der Waals surface area (Å²) in [7, 11) is 0. The second-order valence-electron chi connectivity index (χ2n) is 3.92. The molecule has 1 heterocycles. The van der Waals surface area contributed by atoms with Gasteiger partial charge in [0.2, 0.25) is 0 Å². The second kappa shape index (κ2) is 3.80. The van der Waals surface area contributed by atoms with Gasteiger partial charge in [0.25, 0.3) is 0 Å². The van der Waals surface area contributed by atoms with Crippen LogP contribution in [0.1, 0.15) is 27.2 Å². The van der Waals surface area contributed by atoms with Crippen molar-refractivity contribution in [2.75, 3.05) is 13.1 Å². The van der Waals surface area contributed by atoms with E-state index >= 15 is 0 Å². The average molecular weight is 188 g/mol. The van der Waals surface area contributed by atoms with Crippen LogP contribution in [0.15, 0.2) is 12.2 Å². The first-order valence-corrected chi connectivity index (χ1v) is 5.03. The Morgan fingerprint density at radius 1 is 1.58 bits per heavy atom. The molecule has 70 valence electrons. The second-order valence-corrected chi connectivity index (χ2v) is 4.45. The van der Waals surface area contributed by atoms with Gasteiger partial charge in [-0.3, -0.25) is 4.90 Å². The first-order chi connectivity index (χ1) is 5.59. The van der Waals surface area contributed by atoms with Crippen molar-refractivity contribution in [1.82, 2.24) is 4.90 Å². The Morgan fingerprint density at radius 3 is 2.67 bits per heavy atom. The number of likely N-dealkylation sites (tertiary alicyclic amines) is 1. The van der Waals surface area contributed by atoms with Gasteiger partial charge in [0.1, 0.15) is 0 Å². The molecule has 0 aromatic heterocycles. The Morgan fingerprint density at radius 2 is 2.25 bits per heavy atom. The molecule has 12 heavy (non-hydrogen) atoms. The molecule has 1 aliphatic heterocycles. The molecule has 0 aliphatic carbocycles. The summed E-state index contributed by atoms with van der Waals surface area (Å²) in [6.07, 6.45) is 5.40. The summed E-state index contributed by atoms with van der Waals surface area (Å²) in [5.41, 5.74) is 0.168. The molecular weight excluding hydrogens is 170 g/mol. The van der Waals surface area contributed by atoms with Crippen molar-refractivity contribution in [1.29, 1.82) is 0 Å². The first-order valence-electron chi connectivity index (χ1n) is 4.59. The number of alkyl halides is 1. The molecule has 0 bridgehead atoms. The minimum Gasteiger partial charge on any atom is -0.293 e. The monoisotopic (exact) mass is 187 g/mol. The van der Waals surface area contributed by atoms with Crippen LogP contribution in [0.5, 0.6) is 0 Å². The Bertz CT molecular complexity index is 175.